The molecule has 7 nitrogen and oxygen atoms in total. The van der Waals surface area contributed by atoms with E-state index in [1.165, 1.54) is 10.9 Å². The van der Waals surface area contributed by atoms with Gasteiger partial charge < -0.3 is 19.9 Å². The average Bonchev–Trinajstić information content (AvgIpc) is 2.66. The lowest BCUT2D eigenvalue weighted by molar-refractivity contribution is 0.0652. The van der Waals surface area contributed by atoms with Crippen LogP contribution >= 0.6 is 0 Å². The first-order valence-electron chi connectivity index (χ1n) is 9.22. The zero-order valence-electron chi connectivity index (χ0n) is 14.9. The summed E-state index contributed by atoms with van der Waals surface area (Å²) in [5, 5.41) is 7.30. The van der Waals surface area contributed by atoms with Crippen LogP contribution in [-0.4, -0.2) is 46.8 Å². The third-order valence-electron chi connectivity index (χ3n) is 5.44. The van der Waals surface area contributed by atoms with Gasteiger partial charge in [0.1, 0.15) is 0 Å². The maximum atomic E-state index is 12.6. The van der Waals surface area contributed by atoms with Crippen molar-refractivity contribution in [1.29, 1.82) is 0 Å². The topological polar surface area (TPSA) is 85.2 Å². The molecule has 2 N–H and O–H groups in total. The lowest BCUT2D eigenvalue weighted by atomic mass is 9.85. The van der Waals surface area contributed by atoms with Gasteiger partial charge in [-0.15, -0.1) is 0 Å². The van der Waals surface area contributed by atoms with Gasteiger partial charge in [-0.3, -0.25) is 9.59 Å². The van der Waals surface area contributed by atoms with E-state index in [4.69, 9.17) is 4.74 Å². The Balaban J connectivity index is 1.42. The molecule has 2 atom stereocenters. The first-order valence-corrected chi connectivity index (χ1v) is 9.22. The highest BCUT2D eigenvalue weighted by Crippen LogP contribution is 2.23. The standard InChI is InChI=1S/C19H24N4O3/c1-23-11-20-17-10-12(2-3-14(17)19(23)25)18(24)22-16-5-4-15(16)21-13-6-8-26-9-7-13/h2-3,10-11,13,15-16,21H,4-9H2,1H3,(H,22,24)/t15-,16+/m1/s1. The predicted octanol–water partition coefficient (Wildman–Crippen LogP) is 0.963. The second-order valence-electron chi connectivity index (χ2n) is 7.21. The lowest BCUT2D eigenvalue weighted by Crippen LogP contribution is -2.59. The Morgan fingerprint density at radius 1 is 1.19 bits per heavy atom. The molecule has 2 fully saturated rings. The highest BCUT2D eigenvalue weighted by Gasteiger charge is 2.34. The van der Waals surface area contributed by atoms with Crippen molar-refractivity contribution in [2.75, 3.05) is 13.2 Å². The molecule has 2 heterocycles. The van der Waals surface area contributed by atoms with Crippen LogP contribution in [-0.2, 0) is 11.8 Å². The highest BCUT2D eigenvalue weighted by atomic mass is 16.5. The lowest BCUT2D eigenvalue weighted by Gasteiger charge is -2.41. The van der Waals surface area contributed by atoms with Gasteiger partial charge in [0.25, 0.3) is 11.5 Å². The Morgan fingerprint density at radius 2 is 1.96 bits per heavy atom. The van der Waals surface area contributed by atoms with Crippen LogP contribution < -0.4 is 16.2 Å². The van der Waals surface area contributed by atoms with E-state index in [2.05, 4.69) is 15.6 Å². The Bertz CT molecular complexity index is 873. The summed E-state index contributed by atoms with van der Waals surface area (Å²) < 4.78 is 6.83. The molecule has 0 unspecified atom stereocenters. The second-order valence-corrected chi connectivity index (χ2v) is 7.21. The Kier molecular flexibility index (Phi) is 4.74. The van der Waals surface area contributed by atoms with Gasteiger partial charge in [-0.25, -0.2) is 4.98 Å². The number of carbonyl (C=O) groups is 1. The van der Waals surface area contributed by atoms with Crippen molar-refractivity contribution < 1.29 is 9.53 Å². The Morgan fingerprint density at radius 3 is 2.69 bits per heavy atom. The molecule has 1 aromatic carbocycles. The molecule has 0 spiro atoms. The van der Waals surface area contributed by atoms with Gasteiger partial charge in [0, 0.05) is 44.0 Å². The molecule has 1 saturated carbocycles. The number of rotatable bonds is 4. The van der Waals surface area contributed by atoms with Crippen LogP contribution in [0, 0.1) is 0 Å². The second kappa shape index (κ2) is 7.17. The maximum Gasteiger partial charge on any atom is 0.260 e. The fraction of sp³-hybridized carbons (Fsp3) is 0.526. The first kappa shape index (κ1) is 17.2. The van der Waals surface area contributed by atoms with Crippen LogP contribution in [0.2, 0.25) is 0 Å². The van der Waals surface area contributed by atoms with Gasteiger partial charge in [-0.05, 0) is 43.9 Å². The van der Waals surface area contributed by atoms with Crippen molar-refractivity contribution in [3.8, 4) is 0 Å². The summed E-state index contributed by atoms with van der Waals surface area (Å²) in [6.07, 6.45) is 5.60. The third kappa shape index (κ3) is 3.37. The van der Waals surface area contributed by atoms with Crippen LogP contribution in [0.5, 0.6) is 0 Å². The SMILES string of the molecule is Cn1cnc2cc(C(=O)N[C@H]3CC[C@H]3NC3CCOCC3)ccc2c1=O. The van der Waals surface area contributed by atoms with E-state index in [9.17, 15) is 9.59 Å². The molecule has 26 heavy (non-hydrogen) atoms. The zero-order chi connectivity index (χ0) is 18.1. The Hall–Kier alpha value is -2.25. The Labute approximate surface area is 151 Å². The van der Waals surface area contributed by atoms with Gasteiger partial charge in [-0.2, -0.15) is 0 Å². The minimum Gasteiger partial charge on any atom is -0.381 e. The molecule has 138 valence electrons. The van der Waals surface area contributed by atoms with Gasteiger partial charge >= 0.3 is 0 Å². The largest absolute Gasteiger partial charge is 0.381 e. The zero-order valence-corrected chi connectivity index (χ0v) is 14.9. The van der Waals surface area contributed by atoms with E-state index in [0.717, 1.165) is 38.9 Å². The molecule has 1 aliphatic carbocycles. The van der Waals surface area contributed by atoms with E-state index in [1.54, 1.807) is 25.2 Å². The van der Waals surface area contributed by atoms with E-state index < -0.39 is 0 Å². The minimum absolute atomic E-state index is 0.110. The quantitative estimate of drug-likeness (QED) is 0.852. The van der Waals surface area contributed by atoms with Gasteiger partial charge in [-0.1, -0.05) is 0 Å². The van der Waals surface area contributed by atoms with Crippen molar-refractivity contribution in [2.45, 2.75) is 43.8 Å². The molecule has 0 radical (unpaired) electrons. The fourth-order valence-electron chi connectivity index (χ4n) is 3.64. The third-order valence-corrected chi connectivity index (χ3v) is 5.44. The molecular weight excluding hydrogens is 332 g/mol. The minimum atomic E-state index is -0.113. The molecule has 1 aromatic heterocycles. The molecule has 1 saturated heterocycles. The summed E-state index contributed by atoms with van der Waals surface area (Å²) in [4.78, 5) is 28.9. The molecular formula is C19H24N4O3. The summed E-state index contributed by atoms with van der Waals surface area (Å²) >= 11 is 0. The number of benzene rings is 1. The number of ether oxygens (including phenoxy) is 1. The van der Waals surface area contributed by atoms with Gasteiger partial charge in [0.15, 0.2) is 0 Å². The summed E-state index contributed by atoms with van der Waals surface area (Å²) in [6.45, 7) is 1.62. The monoisotopic (exact) mass is 356 g/mol. The predicted molar refractivity (Wildman–Crippen MR) is 98.2 cm³/mol. The van der Waals surface area contributed by atoms with Crippen LogP contribution in [0.1, 0.15) is 36.0 Å². The van der Waals surface area contributed by atoms with Crippen molar-refractivity contribution in [1.82, 2.24) is 20.2 Å². The number of aryl methyl sites for hydroxylation is 1. The normalized spacial score (nSPS) is 23.6. The smallest absolute Gasteiger partial charge is 0.260 e. The summed E-state index contributed by atoms with van der Waals surface area (Å²) in [7, 11) is 1.66. The summed E-state index contributed by atoms with van der Waals surface area (Å²) in [5.41, 5.74) is 0.975. The highest BCUT2D eigenvalue weighted by molar-refractivity contribution is 5.97. The number of fused-ring (bicyclic) bond motifs is 1. The molecule has 7 heteroatoms. The number of carbonyl (C=O) groups excluding carboxylic acids is 1. The van der Waals surface area contributed by atoms with E-state index in [-0.39, 0.29) is 17.5 Å². The number of amides is 1. The maximum absolute atomic E-state index is 12.6. The van der Waals surface area contributed by atoms with Gasteiger partial charge in [0.2, 0.25) is 0 Å². The number of nitrogens with one attached hydrogen (secondary N) is 2. The number of hydrogen-bond donors (Lipinski definition) is 2. The molecule has 2 aromatic rings. The fourth-order valence-corrected chi connectivity index (χ4v) is 3.64. The summed E-state index contributed by atoms with van der Waals surface area (Å²) in [5.74, 6) is -0.113. The van der Waals surface area contributed by atoms with Crippen molar-refractivity contribution in [2.24, 2.45) is 7.05 Å². The number of aromatic nitrogens is 2. The average molecular weight is 356 g/mol. The molecule has 2 aliphatic rings. The van der Waals surface area contributed by atoms with Crippen LogP contribution in [0.4, 0.5) is 0 Å². The number of hydrogen-bond acceptors (Lipinski definition) is 5. The van der Waals surface area contributed by atoms with E-state index >= 15 is 0 Å². The molecule has 1 aliphatic heterocycles. The van der Waals surface area contributed by atoms with E-state index in [1.807, 2.05) is 0 Å². The van der Waals surface area contributed by atoms with Crippen LogP contribution in [0.15, 0.2) is 29.3 Å². The van der Waals surface area contributed by atoms with E-state index in [0.29, 0.717) is 28.6 Å². The van der Waals surface area contributed by atoms with Crippen LogP contribution in [0.25, 0.3) is 10.9 Å². The van der Waals surface area contributed by atoms with Crippen molar-refractivity contribution in [3.05, 3.63) is 40.4 Å². The summed E-state index contributed by atoms with van der Waals surface area (Å²) in [6, 6.07) is 6.02. The van der Waals surface area contributed by atoms with Gasteiger partial charge in [0.05, 0.1) is 17.2 Å². The molecule has 1 amide bonds. The van der Waals surface area contributed by atoms with Crippen LogP contribution in [0.3, 0.4) is 0 Å². The van der Waals surface area contributed by atoms with Crippen molar-refractivity contribution >= 4 is 16.8 Å². The first-order chi connectivity index (χ1) is 12.6. The van der Waals surface area contributed by atoms with Crippen molar-refractivity contribution in [3.63, 3.8) is 0 Å². The molecule has 0 bridgehead atoms. The number of nitrogens with zero attached hydrogens (tertiary/aromatic N) is 2. The molecule has 4 rings (SSSR count).